The highest BCUT2D eigenvalue weighted by Crippen LogP contribution is 2.24. The normalized spacial score (nSPS) is 12.4. The second-order valence-corrected chi connectivity index (χ2v) is 3.92. The number of hydrogen-bond donors (Lipinski definition) is 0. The van der Waals surface area contributed by atoms with Crippen LogP contribution in [0.3, 0.4) is 0 Å². The summed E-state index contributed by atoms with van der Waals surface area (Å²) in [5.41, 5.74) is -5.83. The van der Waals surface area contributed by atoms with Crippen LogP contribution in [0.2, 0.25) is 0 Å². The van der Waals surface area contributed by atoms with Gasteiger partial charge in [-0.05, 0) is 6.07 Å². The highest BCUT2D eigenvalue weighted by molar-refractivity contribution is 7.90. The van der Waals surface area contributed by atoms with E-state index in [9.17, 15) is 21.6 Å². The van der Waals surface area contributed by atoms with Crippen LogP contribution in [0, 0.1) is 11.3 Å². The summed E-state index contributed by atoms with van der Waals surface area (Å²) in [7, 11) is -5.51. The summed E-state index contributed by atoms with van der Waals surface area (Å²) >= 11 is 0. The number of hydrogen-bond acceptors (Lipinski definition) is 4. The quantitative estimate of drug-likeness (QED) is 0.695. The van der Waals surface area contributed by atoms with Gasteiger partial charge in [-0.25, -0.2) is 0 Å². The Bertz CT molecular complexity index is 481. The monoisotopic (exact) mass is 225 g/mol. The molecule has 76 valence electrons. The molecule has 9 heteroatoms. The standard InChI is InChI=1S/C5H2F3N3O2S/c6-5(7,8)14(12,13)11-2-1-4(3-9)10-11/h1-2H. The minimum Gasteiger partial charge on any atom is -0.195 e. The molecule has 0 fully saturated rings. The number of aromatic nitrogens is 2. The van der Waals surface area contributed by atoms with E-state index < -0.39 is 21.2 Å². The Hall–Kier alpha value is -1.56. The fourth-order valence-corrected chi connectivity index (χ4v) is 1.24. The first-order valence-corrected chi connectivity index (χ1v) is 4.50. The predicted octanol–water partition coefficient (Wildman–Crippen LogP) is 0.452. The highest BCUT2D eigenvalue weighted by atomic mass is 32.2. The smallest absolute Gasteiger partial charge is 0.195 e. The molecule has 0 bridgehead atoms. The molecule has 1 aromatic rings. The lowest BCUT2D eigenvalue weighted by molar-refractivity contribution is -0.0449. The lowest BCUT2D eigenvalue weighted by Gasteiger charge is -2.06. The lowest BCUT2D eigenvalue weighted by Crippen LogP contribution is -2.30. The van der Waals surface area contributed by atoms with Crippen molar-refractivity contribution in [2.75, 3.05) is 0 Å². The van der Waals surface area contributed by atoms with Crippen LogP contribution >= 0.6 is 0 Å². The highest BCUT2D eigenvalue weighted by Gasteiger charge is 2.48. The molecule has 0 aliphatic carbocycles. The molecule has 0 radical (unpaired) electrons. The summed E-state index contributed by atoms with van der Waals surface area (Å²) < 4.78 is 56.7. The van der Waals surface area contributed by atoms with Gasteiger partial charge in [-0.1, -0.05) is 0 Å². The Morgan fingerprint density at radius 2 is 2.07 bits per heavy atom. The number of alkyl halides is 3. The zero-order chi connectivity index (χ0) is 11.0. The van der Waals surface area contributed by atoms with Gasteiger partial charge < -0.3 is 0 Å². The molecular weight excluding hydrogens is 223 g/mol. The Kier molecular flexibility index (Phi) is 2.24. The number of rotatable bonds is 1. The van der Waals surface area contributed by atoms with E-state index in [1.54, 1.807) is 0 Å². The van der Waals surface area contributed by atoms with Crippen molar-refractivity contribution in [2.24, 2.45) is 0 Å². The molecule has 0 amide bonds. The van der Waals surface area contributed by atoms with Crippen LogP contribution < -0.4 is 0 Å². The fourth-order valence-electron chi connectivity index (χ4n) is 0.607. The van der Waals surface area contributed by atoms with E-state index in [1.807, 2.05) is 0 Å². The maximum Gasteiger partial charge on any atom is 0.518 e. The van der Waals surface area contributed by atoms with Crippen molar-refractivity contribution >= 4 is 10.0 Å². The zero-order valence-corrected chi connectivity index (χ0v) is 7.17. The molecule has 5 nitrogen and oxygen atoms in total. The van der Waals surface area contributed by atoms with Crippen LogP contribution in [0.4, 0.5) is 13.2 Å². The molecule has 1 aromatic heterocycles. The van der Waals surface area contributed by atoms with Gasteiger partial charge in [0, 0.05) is 6.20 Å². The molecular formula is C5H2F3N3O2S. The molecule has 0 unspecified atom stereocenters. The van der Waals surface area contributed by atoms with Gasteiger partial charge in [0.25, 0.3) is 0 Å². The minimum absolute atomic E-state index is 0.286. The summed E-state index contributed by atoms with van der Waals surface area (Å²) in [6.45, 7) is 0. The second-order valence-electron chi connectivity index (χ2n) is 2.14. The van der Waals surface area contributed by atoms with Gasteiger partial charge in [-0.3, -0.25) is 0 Å². The van der Waals surface area contributed by atoms with Crippen molar-refractivity contribution in [1.29, 1.82) is 5.26 Å². The SMILES string of the molecule is N#Cc1ccn(S(=O)(=O)C(F)(F)F)n1. The molecule has 0 saturated heterocycles. The third-order valence-electron chi connectivity index (χ3n) is 1.22. The van der Waals surface area contributed by atoms with E-state index in [4.69, 9.17) is 5.26 Å². The van der Waals surface area contributed by atoms with Crippen molar-refractivity contribution in [3.8, 4) is 6.07 Å². The van der Waals surface area contributed by atoms with Crippen molar-refractivity contribution in [2.45, 2.75) is 5.51 Å². The molecule has 0 atom stereocenters. The number of halogens is 3. The zero-order valence-electron chi connectivity index (χ0n) is 6.35. The Balaban J connectivity index is 3.26. The van der Waals surface area contributed by atoms with Crippen LogP contribution in [0.25, 0.3) is 0 Å². The van der Waals surface area contributed by atoms with Crippen LogP contribution in [0.15, 0.2) is 12.3 Å². The molecule has 0 spiro atoms. The van der Waals surface area contributed by atoms with Crippen molar-refractivity contribution < 1.29 is 21.6 Å². The Labute approximate surface area is 76.4 Å². The second kappa shape index (κ2) is 2.98. The first kappa shape index (κ1) is 10.5. The summed E-state index contributed by atoms with van der Waals surface area (Å²) in [4.78, 5) is 0. The molecule has 0 aliphatic rings. The predicted molar refractivity (Wildman–Crippen MR) is 37.3 cm³/mol. The van der Waals surface area contributed by atoms with E-state index in [0.29, 0.717) is 6.20 Å². The van der Waals surface area contributed by atoms with E-state index >= 15 is 0 Å². The van der Waals surface area contributed by atoms with Gasteiger partial charge in [0.2, 0.25) is 0 Å². The summed E-state index contributed by atoms with van der Waals surface area (Å²) in [6, 6.07) is 2.27. The Morgan fingerprint density at radius 3 is 2.43 bits per heavy atom. The average molecular weight is 225 g/mol. The van der Waals surface area contributed by atoms with Gasteiger partial charge in [-0.15, -0.1) is 5.10 Å². The largest absolute Gasteiger partial charge is 0.518 e. The number of nitriles is 1. The molecule has 0 aromatic carbocycles. The average Bonchev–Trinajstić information content (AvgIpc) is 2.49. The van der Waals surface area contributed by atoms with Gasteiger partial charge in [0.1, 0.15) is 6.07 Å². The third kappa shape index (κ3) is 1.56. The van der Waals surface area contributed by atoms with Crippen LogP contribution in [-0.4, -0.2) is 23.1 Å². The molecule has 1 rings (SSSR count). The van der Waals surface area contributed by atoms with Crippen molar-refractivity contribution in [1.82, 2.24) is 9.19 Å². The van der Waals surface area contributed by atoms with E-state index in [0.717, 1.165) is 6.07 Å². The van der Waals surface area contributed by atoms with Gasteiger partial charge in [-0.2, -0.15) is 30.9 Å². The van der Waals surface area contributed by atoms with Crippen LogP contribution in [-0.2, 0) is 10.0 Å². The number of nitrogens with zero attached hydrogens (tertiary/aromatic N) is 3. The minimum atomic E-state index is -5.51. The topological polar surface area (TPSA) is 75.8 Å². The molecule has 1 heterocycles. The fraction of sp³-hybridized carbons (Fsp3) is 0.200. The van der Waals surface area contributed by atoms with Gasteiger partial charge in [0.15, 0.2) is 5.69 Å². The summed E-state index contributed by atoms with van der Waals surface area (Å²) in [6.07, 6.45) is 0.557. The summed E-state index contributed by atoms with van der Waals surface area (Å²) in [5, 5.41) is 11.1. The molecule has 14 heavy (non-hydrogen) atoms. The van der Waals surface area contributed by atoms with E-state index in [2.05, 4.69) is 5.10 Å². The van der Waals surface area contributed by atoms with E-state index in [1.165, 1.54) is 6.07 Å². The van der Waals surface area contributed by atoms with Crippen LogP contribution in [0.1, 0.15) is 5.69 Å². The maximum absolute atomic E-state index is 11.9. The van der Waals surface area contributed by atoms with Gasteiger partial charge in [0.05, 0.1) is 0 Å². The Morgan fingerprint density at radius 1 is 1.50 bits per heavy atom. The lowest BCUT2D eigenvalue weighted by atomic mass is 10.5. The van der Waals surface area contributed by atoms with E-state index in [-0.39, 0.29) is 4.09 Å². The third-order valence-corrected chi connectivity index (χ3v) is 2.50. The maximum atomic E-state index is 11.9. The first-order chi connectivity index (χ1) is 6.29. The van der Waals surface area contributed by atoms with Crippen molar-refractivity contribution in [3.63, 3.8) is 0 Å². The van der Waals surface area contributed by atoms with Gasteiger partial charge >= 0.3 is 15.5 Å². The molecule has 0 N–H and O–H groups in total. The first-order valence-electron chi connectivity index (χ1n) is 3.06. The molecule has 0 saturated carbocycles. The summed E-state index contributed by atoms with van der Waals surface area (Å²) in [5.74, 6) is 0. The molecule has 0 aliphatic heterocycles. The van der Waals surface area contributed by atoms with Crippen LogP contribution in [0.5, 0.6) is 0 Å². The van der Waals surface area contributed by atoms with Crippen molar-refractivity contribution in [3.05, 3.63) is 18.0 Å².